The molecule has 27 heavy (non-hydrogen) atoms. The zero-order chi connectivity index (χ0) is 19.1. The van der Waals surface area contributed by atoms with Gasteiger partial charge in [0.2, 0.25) is 5.95 Å². The van der Waals surface area contributed by atoms with Crippen LogP contribution in [0.15, 0.2) is 54.7 Å². The monoisotopic (exact) mass is 365 g/mol. The summed E-state index contributed by atoms with van der Waals surface area (Å²) in [5, 5.41) is 14.1. The molecule has 0 saturated heterocycles. The van der Waals surface area contributed by atoms with Crippen LogP contribution in [0.2, 0.25) is 0 Å². The van der Waals surface area contributed by atoms with Crippen molar-refractivity contribution in [1.82, 2.24) is 15.2 Å². The second-order valence-electron chi connectivity index (χ2n) is 5.49. The zero-order valence-corrected chi connectivity index (χ0v) is 15.0. The van der Waals surface area contributed by atoms with Crippen LogP contribution >= 0.6 is 0 Å². The Hall–Kier alpha value is -3.68. The highest BCUT2D eigenvalue weighted by molar-refractivity contribution is 5.96. The van der Waals surface area contributed by atoms with Crippen molar-refractivity contribution in [2.24, 2.45) is 0 Å². The minimum absolute atomic E-state index is 0.349. The normalized spacial score (nSPS) is 10.1. The molecule has 138 valence electrons. The van der Waals surface area contributed by atoms with E-state index in [9.17, 15) is 4.79 Å². The number of hydrogen-bond donors (Lipinski definition) is 2. The van der Waals surface area contributed by atoms with E-state index in [4.69, 9.17) is 9.47 Å². The number of ether oxygens (including phenoxy) is 2. The SMILES string of the molecule is COC(=O)c1ccccc1Nc1cnnc(NCc2ccccc2OC)n1. The first-order valence-electron chi connectivity index (χ1n) is 8.21. The fraction of sp³-hybridized carbons (Fsp3) is 0.158. The Labute approximate surface area is 156 Å². The molecule has 0 unspecified atom stereocenters. The molecule has 0 spiro atoms. The van der Waals surface area contributed by atoms with E-state index in [0.29, 0.717) is 29.6 Å². The topological polar surface area (TPSA) is 98.3 Å². The smallest absolute Gasteiger partial charge is 0.339 e. The molecule has 0 saturated carbocycles. The summed E-state index contributed by atoms with van der Waals surface area (Å²) in [5.74, 6) is 1.14. The average molecular weight is 365 g/mol. The summed E-state index contributed by atoms with van der Waals surface area (Å²) >= 11 is 0. The number of anilines is 3. The van der Waals surface area contributed by atoms with Gasteiger partial charge in [-0.05, 0) is 18.2 Å². The zero-order valence-electron chi connectivity index (χ0n) is 15.0. The van der Waals surface area contributed by atoms with E-state index in [1.54, 1.807) is 25.3 Å². The highest BCUT2D eigenvalue weighted by Gasteiger charge is 2.12. The van der Waals surface area contributed by atoms with E-state index in [1.807, 2.05) is 30.3 Å². The third-order valence-electron chi connectivity index (χ3n) is 3.78. The first-order valence-corrected chi connectivity index (χ1v) is 8.21. The van der Waals surface area contributed by atoms with Crippen molar-refractivity contribution < 1.29 is 14.3 Å². The van der Waals surface area contributed by atoms with Gasteiger partial charge >= 0.3 is 5.97 Å². The Morgan fingerprint density at radius 1 is 1.07 bits per heavy atom. The van der Waals surface area contributed by atoms with E-state index in [1.165, 1.54) is 13.3 Å². The van der Waals surface area contributed by atoms with Crippen LogP contribution in [-0.2, 0) is 11.3 Å². The summed E-state index contributed by atoms with van der Waals surface area (Å²) in [7, 11) is 2.96. The molecule has 0 fully saturated rings. The number of methoxy groups -OCH3 is 2. The van der Waals surface area contributed by atoms with Crippen LogP contribution in [0.5, 0.6) is 5.75 Å². The van der Waals surface area contributed by atoms with Gasteiger partial charge in [0.1, 0.15) is 5.75 Å². The van der Waals surface area contributed by atoms with Gasteiger partial charge in [0.25, 0.3) is 0 Å². The number of para-hydroxylation sites is 2. The predicted molar refractivity (Wildman–Crippen MR) is 101 cm³/mol. The molecular formula is C19H19N5O3. The summed E-state index contributed by atoms with van der Waals surface area (Å²) in [6, 6.07) is 14.7. The largest absolute Gasteiger partial charge is 0.496 e. The number of benzene rings is 2. The third kappa shape index (κ3) is 4.49. The molecule has 0 amide bonds. The van der Waals surface area contributed by atoms with E-state index in [0.717, 1.165) is 11.3 Å². The number of nitrogens with one attached hydrogen (secondary N) is 2. The Morgan fingerprint density at radius 2 is 1.85 bits per heavy atom. The Kier molecular flexibility index (Phi) is 5.78. The Morgan fingerprint density at radius 3 is 2.67 bits per heavy atom. The van der Waals surface area contributed by atoms with Gasteiger partial charge in [0.15, 0.2) is 5.82 Å². The lowest BCUT2D eigenvalue weighted by Crippen LogP contribution is -2.09. The molecule has 0 aliphatic heterocycles. The Bertz CT molecular complexity index is 932. The van der Waals surface area contributed by atoms with Crippen molar-refractivity contribution in [3.05, 3.63) is 65.9 Å². The summed E-state index contributed by atoms with van der Waals surface area (Å²) in [6.45, 7) is 0.480. The van der Waals surface area contributed by atoms with Gasteiger partial charge in [0, 0.05) is 12.1 Å². The number of aromatic nitrogens is 3. The first kappa shape index (κ1) is 18.1. The van der Waals surface area contributed by atoms with Crippen molar-refractivity contribution >= 4 is 23.4 Å². The van der Waals surface area contributed by atoms with Crippen LogP contribution in [0.3, 0.4) is 0 Å². The van der Waals surface area contributed by atoms with Crippen molar-refractivity contribution in [3.63, 3.8) is 0 Å². The maximum atomic E-state index is 11.9. The van der Waals surface area contributed by atoms with Crippen molar-refractivity contribution in [2.45, 2.75) is 6.54 Å². The maximum absolute atomic E-state index is 11.9. The molecule has 0 aliphatic carbocycles. The molecule has 0 bridgehead atoms. The number of hydrogen-bond acceptors (Lipinski definition) is 8. The van der Waals surface area contributed by atoms with Gasteiger partial charge in [-0.2, -0.15) is 10.1 Å². The van der Waals surface area contributed by atoms with E-state index >= 15 is 0 Å². The molecule has 8 heteroatoms. The van der Waals surface area contributed by atoms with Gasteiger partial charge in [-0.3, -0.25) is 0 Å². The minimum atomic E-state index is -0.436. The van der Waals surface area contributed by atoms with Gasteiger partial charge in [0.05, 0.1) is 31.7 Å². The second kappa shape index (κ2) is 8.61. The van der Waals surface area contributed by atoms with Crippen LogP contribution in [0, 0.1) is 0 Å². The number of nitrogens with zero attached hydrogens (tertiary/aromatic N) is 3. The fourth-order valence-electron chi connectivity index (χ4n) is 2.48. The molecule has 2 N–H and O–H groups in total. The standard InChI is InChI=1S/C19H19N5O3/c1-26-16-10-6-3-7-13(16)11-20-19-23-17(12-21-24-19)22-15-9-5-4-8-14(15)18(25)27-2/h3-10,12H,11H2,1-2H3,(H2,20,22,23,24). The molecule has 8 nitrogen and oxygen atoms in total. The van der Waals surface area contributed by atoms with E-state index < -0.39 is 5.97 Å². The lowest BCUT2D eigenvalue weighted by molar-refractivity contribution is 0.0602. The van der Waals surface area contributed by atoms with E-state index in [-0.39, 0.29) is 0 Å². The lowest BCUT2D eigenvalue weighted by atomic mass is 10.2. The van der Waals surface area contributed by atoms with E-state index in [2.05, 4.69) is 25.8 Å². The predicted octanol–water partition coefficient (Wildman–Crippen LogP) is 3.02. The Balaban J connectivity index is 1.74. The summed E-state index contributed by atoms with van der Waals surface area (Å²) in [4.78, 5) is 16.3. The molecule has 2 aromatic carbocycles. The molecule has 3 rings (SSSR count). The van der Waals surface area contributed by atoms with Crippen LogP contribution in [0.4, 0.5) is 17.5 Å². The highest BCUT2D eigenvalue weighted by atomic mass is 16.5. The average Bonchev–Trinajstić information content (AvgIpc) is 2.72. The number of carbonyl (C=O) groups is 1. The minimum Gasteiger partial charge on any atom is -0.496 e. The third-order valence-corrected chi connectivity index (χ3v) is 3.78. The first-order chi connectivity index (χ1) is 13.2. The van der Waals surface area contributed by atoms with Crippen LogP contribution < -0.4 is 15.4 Å². The van der Waals surface area contributed by atoms with Crippen LogP contribution in [0.1, 0.15) is 15.9 Å². The van der Waals surface area contributed by atoms with Crippen molar-refractivity contribution in [3.8, 4) is 5.75 Å². The molecular weight excluding hydrogens is 346 g/mol. The highest BCUT2D eigenvalue weighted by Crippen LogP contribution is 2.21. The second-order valence-corrected chi connectivity index (χ2v) is 5.49. The van der Waals surface area contributed by atoms with Gasteiger partial charge in [-0.15, -0.1) is 5.10 Å². The quantitative estimate of drug-likeness (QED) is 0.617. The molecule has 0 radical (unpaired) electrons. The molecule has 0 atom stereocenters. The van der Waals surface area contributed by atoms with Crippen LogP contribution in [0.25, 0.3) is 0 Å². The fourth-order valence-corrected chi connectivity index (χ4v) is 2.48. The van der Waals surface area contributed by atoms with Gasteiger partial charge < -0.3 is 20.1 Å². The van der Waals surface area contributed by atoms with Crippen molar-refractivity contribution in [2.75, 3.05) is 24.9 Å². The molecule has 0 aliphatic rings. The van der Waals surface area contributed by atoms with Gasteiger partial charge in [-0.25, -0.2) is 4.79 Å². The van der Waals surface area contributed by atoms with Crippen LogP contribution in [-0.4, -0.2) is 35.4 Å². The number of carbonyl (C=O) groups excluding carboxylic acids is 1. The van der Waals surface area contributed by atoms with Crippen molar-refractivity contribution in [1.29, 1.82) is 0 Å². The summed E-state index contributed by atoms with van der Waals surface area (Å²) in [5.41, 5.74) is 1.95. The summed E-state index contributed by atoms with van der Waals surface area (Å²) in [6.07, 6.45) is 1.47. The summed E-state index contributed by atoms with van der Waals surface area (Å²) < 4.78 is 10.1. The maximum Gasteiger partial charge on any atom is 0.339 e. The number of esters is 1. The molecule has 3 aromatic rings. The van der Waals surface area contributed by atoms with Gasteiger partial charge in [-0.1, -0.05) is 30.3 Å². The lowest BCUT2D eigenvalue weighted by Gasteiger charge is -2.11. The number of rotatable bonds is 7. The molecule has 1 heterocycles. The molecule has 1 aromatic heterocycles.